The van der Waals surface area contributed by atoms with Gasteiger partial charge in [-0.2, -0.15) is 4.98 Å². The van der Waals surface area contributed by atoms with Gasteiger partial charge in [-0.25, -0.2) is 0 Å². The van der Waals surface area contributed by atoms with E-state index in [2.05, 4.69) is 10.3 Å². The Bertz CT molecular complexity index is 742. The van der Waals surface area contributed by atoms with Crippen molar-refractivity contribution >= 4 is 28.6 Å². The molecule has 0 aliphatic heterocycles. The van der Waals surface area contributed by atoms with Crippen LogP contribution in [0.2, 0.25) is 0 Å². The molecule has 0 saturated heterocycles. The molecule has 3 rings (SSSR count). The van der Waals surface area contributed by atoms with Crippen LogP contribution < -0.4 is 5.32 Å². The van der Waals surface area contributed by atoms with Gasteiger partial charge in [0.2, 0.25) is 0 Å². The fourth-order valence-electron chi connectivity index (χ4n) is 2.26. The molecule has 0 radical (unpaired) electrons. The van der Waals surface area contributed by atoms with Crippen LogP contribution >= 0.6 is 0 Å². The summed E-state index contributed by atoms with van der Waals surface area (Å²) in [5, 5.41) is 3.15. The number of fused-ring (bicyclic) bond motifs is 1. The minimum atomic E-state index is 0.300. The van der Waals surface area contributed by atoms with Crippen molar-refractivity contribution < 1.29 is 9.21 Å². The zero-order valence-corrected chi connectivity index (χ0v) is 12.5. The summed E-state index contributed by atoms with van der Waals surface area (Å²) in [5.41, 5.74) is 3.67. The monoisotopic (exact) mass is 294 g/mol. The SMILES string of the molecule is CCC(=O)CCc1ccc(Nc2nc3ccccc3o2)cc1. The fraction of sp³-hybridized carbons (Fsp3) is 0.222. The van der Waals surface area contributed by atoms with E-state index in [1.54, 1.807) is 0 Å². The average molecular weight is 294 g/mol. The first-order chi connectivity index (χ1) is 10.7. The van der Waals surface area contributed by atoms with Crippen molar-refractivity contribution in [1.82, 2.24) is 4.98 Å². The highest BCUT2D eigenvalue weighted by atomic mass is 16.4. The maximum atomic E-state index is 11.3. The second-order valence-electron chi connectivity index (χ2n) is 5.20. The van der Waals surface area contributed by atoms with E-state index in [1.165, 1.54) is 0 Å². The summed E-state index contributed by atoms with van der Waals surface area (Å²) in [6.45, 7) is 1.90. The number of aryl methyl sites for hydroxylation is 1. The molecule has 4 heteroatoms. The molecule has 0 atom stereocenters. The number of nitrogens with zero attached hydrogens (tertiary/aromatic N) is 1. The standard InChI is InChI=1S/C18H18N2O2/c1-2-15(21)12-9-13-7-10-14(11-8-13)19-18-20-16-5-3-4-6-17(16)22-18/h3-8,10-11H,2,9,12H2,1H3,(H,19,20). The first-order valence-corrected chi connectivity index (χ1v) is 7.48. The van der Waals surface area contributed by atoms with Crippen molar-refractivity contribution in [3.8, 4) is 0 Å². The van der Waals surface area contributed by atoms with E-state index >= 15 is 0 Å². The molecule has 0 unspecified atom stereocenters. The highest BCUT2D eigenvalue weighted by Gasteiger charge is 2.05. The number of ketones is 1. The number of carbonyl (C=O) groups is 1. The van der Waals surface area contributed by atoms with Gasteiger partial charge in [0.25, 0.3) is 6.01 Å². The second-order valence-corrected chi connectivity index (χ2v) is 5.20. The van der Waals surface area contributed by atoms with Gasteiger partial charge in [-0.3, -0.25) is 4.79 Å². The third kappa shape index (κ3) is 3.34. The number of hydrogen-bond donors (Lipinski definition) is 1. The summed E-state index contributed by atoms with van der Waals surface area (Å²) in [4.78, 5) is 15.7. The normalized spacial score (nSPS) is 10.8. The Balaban J connectivity index is 1.66. The van der Waals surface area contributed by atoms with Gasteiger partial charge in [-0.15, -0.1) is 0 Å². The number of benzene rings is 2. The number of nitrogens with one attached hydrogen (secondary N) is 1. The van der Waals surface area contributed by atoms with Crippen LogP contribution in [0.5, 0.6) is 0 Å². The van der Waals surface area contributed by atoms with Crippen molar-refractivity contribution in [3.63, 3.8) is 0 Å². The van der Waals surface area contributed by atoms with Crippen LogP contribution in [0.3, 0.4) is 0 Å². The van der Waals surface area contributed by atoms with Crippen LogP contribution in [-0.2, 0) is 11.2 Å². The molecule has 0 aliphatic carbocycles. The smallest absolute Gasteiger partial charge is 0.300 e. The molecule has 0 amide bonds. The van der Waals surface area contributed by atoms with Gasteiger partial charge in [0, 0.05) is 18.5 Å². The number of rotatable bonds is 6. The van der Waals surface area contributed by atoms with Gasteiger partial charge >= 0.3 is 0 Å². The summed E-state index contributed by atoms with van der Waals surface area (Å²) >= 11 is 0. The van der Waals surface area contributed by atoms with Gasteiger partial charge in [0.05, 0.1) is 0 Å². The van der Waals surface area contributed by atoms with Gasteiger partial charge in [-0.1, -0.05) is 31.2 Å². The van der Waals surface area contributed by atoms with Gasteiger partial charge in [0.15, 0.2) is 5.58 Å². The minimum absolute atomic E-state index is 0.300. The van der Waals surface area contributed by atoms with Crippen LogP contribution in [0.25, 0.3) is 11.1 Å². The van der Waals surface area contributed by atoms with Crippen molar-refractivity contribution in [2.45, 2.75) is 26.2 Å². The van der Waals surface area contributed by atoms with Crippen LogP contribution in [0.4, 0.5) is 11.7 Å². The number of carbonyl (C=O) groups excluding carboxylic acids is 1. The minimum Gasteiger partial charge on any atom is -0.423 e. The summed E-state index contributed by atoms with van der Waals surface area (Å²) in [6.07, 6.45) is 2.00. The zero-order valence-electron chi connectivity index (χ0n) is 12.5. The summed E-state index contributed by atoms with van der Waals surface area (Å²) in [5.74, 6) is 0.300. The maximum absolute atomic E-state index is 11.3. The lowest BCUT2D eigenvalue weighted by Gasteiger charge is -2.04. The van der Waals surface area contributed by atoms with Crippen molar-refractivity contribution in [3.05, 3.63) is 54.1 Å². The Kier molecular flexibility index (Phi) is 4.19. The molecular formula is C18H18N2O2. The van der Waals surface area contributed by atoms with E-state index in [4.69, 9.17) is 4.42 Å². The van der Waals surface area contributed by atoms with Crippen LogP contribution in [0.15, 0.2) is 52.9 Å². The van der Waals surface area contributed by atoms with Gasteiger partial charge in [0.1, 0.15) is 11.3 Å². The highest BCUT2D eigenvalue weighted by Crippen LogP contribution is 2.22. The first kappa shape index (κ1) is 14.3. The third-order valence-electron chi connectivity index (χ3n) is 3.59. The van der Waals surface area contributed by atoms with Gasteiger partial charge < -0.3 is 9.73 Å². The molecule has 2 aromatic carbocycles. The molecule has 0 spiro atoms. The maximum Gasteiger partial charge on any atom is 0.300 e. The largest absolute Gasteiger partial charge is 0.423 e. The van der Waals surface area contributed by atoms with E-state index in [0.717, 1.165) is 28.8 Å². The van der Waals surface area contributed by atoms with E-state index in [9.17, 15) is 4.79 Å². The molecule has 1 N–H and O–H groups in total. The van der Waals surface area contributed by atoms with Crippen molar-refractivity contribution in [1.29, 1.82) is 0 Å². The Hall–Kier alpha value is -2.62. The number of hydrogen-bond acceptors (Lipinski definition) is 4. The van der Waals surface area contributed by atoms with E-state index < -0.39 is 0 Å². The molecule has 22 heavy (non-hydrogen) atoms. The number of para-hydroxylation sites is 2. The lowest BCUT2D eigenvalue weighted by molar-refractivity contribution is -0.118. The topological polar surface area (TPSA) is 55.1 Å². The number of oxazole rings is 1. The Labute approximate surface area is 129 Å². The molecular weight excluding hydrogens is 276 g/mol. The molecule has 0 saturated carbocycles. The molecule has 112 valence electrons. The quantitative estimate of drug-likeness (QED) is 0.728. The average Bonchev–Trinajstić information content (AvgIpc) is 2.96. The van der Waals surface area contributed by atoms with Crippen molar-refractivity contribution in [2.75, 3.05) is 5.32 Å². The number of aromatic nitrogens is 1. The molecule has 0 aliphatic rings. The van der Waals surface area contributed by atoms with Crippen LogP contribution in [-0.4, -0.2) is 10.8 Å². The molecule has 4 nitrogen and oxygen atoms in total. The summed E-state index contributed by atoms with van der Waals surface area (Å²) < 4.78 is 5.63. The number of anilines is 2. The predicted molar refractivity (Wildman–Crippen MR) is 87.4 cm³/mol. The second kappa shape index (κ2) is 6.43. The van der Waals surface area contributed by atoms with Crippen LogP contribution in [0.1, 0.15) is 25.3 Å². The molecule has 0 fully saturated rings. The number of Topliss-reactive ketones (excluding diaryl/α,β-unsaturated/α-hetero) is 1. The molecule has 0 bridgehead atoms. The van der Waals surface area contributed by atoms with E-state index in [1.807, 2.05) is 55.5 Å². The Morgan fingerprint density at radius 2 is 1.91 bits per heavy atom. The van der Waals surface area contributed by atoms with Crippen LogP contribution in [0, 0.1) is 0 Å². The highest BCUT2D eigenvalue weighted by molar-refractivity contribution is 5.78. The zero-order chi connectivity index (χ0) is 15.4. The Morgan fingerprint density at radius 3 is 2.64 bits per heavy atom. The third-order valence-corrected chi connectivity index (χ3v) is 3.59. The lowest BCUT2D eigenvalue weighted by Crippen LogP contribution is -1.98. The predicted octanol–water partition coefficient (Wildman–Crippen LogP) is 4.48. The summed E-state index contributed by atoms with van der Waals surface area (Å²) in [6, 6.07) is 16.1. The summed E-state index contributed by atoms with van der Waals surface area (Å²) in [7, 11) is 0. The lowest BCUT2D eigenvalue weighted by atomic mass is 10.1. The molecule has 3 aromatic rings. The fourth-order valence-corrected chi connectivity index (χ4v) is 2.26. The molecule has 1 aromatic heterocycles. The van der Waals surface area contributed by atoms with Gasteiger partial charge in [-0.05, 0) is 36.2 Å². The molecule has 1 heterocycles. The van der Waals surface area contributed by atoms with E-state index in [-0.39, 0.29) is 0 Å². The Morgan fingerprint density at radius 1 is 1.14 bits per heavy atom. The van der Waals surface area contributed by atoms with Crippen molar-refractivity contribution in [2.24, 2.45) is 0 Å². The first-order valence-electron chi connectivity index (χ1n) is 7.48. The van der Waals surface area contributed by atoms with E-state index in [0.29, 0.717) is 24.6 Å².